The van der Waals surface area contributed by atoms with Crippen LogP contribution in [0.2, 0.25) is 0 Å². The molecule has 0 amide bonds. The van der Waals surface area contributed by atoms with Crippen molar-refractivity contribution in [3.05, 3.63) is 23.8 Å². The normalized spacial score (nSPS) is 16.4. The first-order valence-corrected chi connectivity index (χ1v) is 6.05. The monoisotopic (exact) mass is 224 g/mol. The van der Waals surface area contributed by atoms with Crippen molar-refractivity contribution in [1.29, 1.82) is 0 Å². The van der Waals surface area contributed by atoms with E-state index < -0.39 is 5.97 Å². The standard InChI is InChI=1S/C14H24O2/c1-5-11(2)6-7-12(3)8-9-13(4)10-14(15)16/h8-12H,5-7H2,1-4H3,(H,15,16)/b9-8+,13-10+. The number of hydrogen-bond acceptors (Lipinski definition) is 1. The van der Waals surface area contributed by atoms with Crippen molar-refractivity contribution in [3.63, 3.8) is 0 Å². The van der Waals surface area contributed by atoms with Gasteiger partial charge in [0.25, 0.3) is 0 Å². The second kappa shape index (κ2) is 8.14. The Morgan fingerprint density at radius 3 is 2.44 bits per heavy atom. The van der Waals surface area contributed by atoms with Crippen molar-refractivity contribution in [3.8, 4) is 0 Å². The fraction of sp³-hybridized carbons (Fsp3) is 0.643. The molecule has 0 spiro atoms. The van der Waals surface area contributed by atoms with Crippen LogP contribution in [0.4, 0.5) is 0 Å². The number of allylic oxidation sites excluding steroid dienone is 3. The Hall–Kier alpha value is -1.05. The first kappa shape index (κ1) is 14.9. The summed E-state index contributed by atoms with van der Waals surface area (Å²) in [6, 6.07) is 0. The molecule has 0 aromatic rings. The lowest BCUT2D eigenvalue weighted by atomic mass is 9.96. The Labute approximate surface area is 99.1 Å². The average Bonchev–Trinajstić information content (AvgIpc) is 2.22. The molecule has 2 nitrogen and oxygen atoms in total. The summed E-state index contributed by atoms with van der Waals surface area (Å²) in [4.78, 5) is 10.4. The van der Waals surface area contributed by atoms with E-state index in [1.165, 1.54) is 25.3 Å². The molecule has 92 valence electrons. The molecule has 16 heavy (non-hydrogen) atoms. The molecule has 0 aliphatic carbocycles. The topological polar surface area (TPSA) is 37.3 Å². The minimum Gasteiger partial charge on any atom is -0.478 e. The summed E-state index contributed by atoms with van der Waals surface area (Å²) >= 11 is 0. The van der Waals surface area contributed by atoms with Gasteiger partial charge in [-0.1, -0.05) is 45.8 Å². The number of hydrogen-bond donors (Lipinski definition) is 1. The Balaban J connectivity index is 3.99. The molecule has 0 rings (SSSR count). The van der Waals surface area contributed by atoms with Crippen LogP contribution in [0.3, 0.4) is 0 Å². The van der Waals surface area contributed by atoms with Gasteiger partial charge in [-0.05, 0) is 30.8 Å². The molecule has 0 aliphatic heterocycles. The second-order valence-corrected chi connectivity index (χ2v) is 4.65. The molecule has 0 aromatic heterocycles. The summed E-state index contributed by atoms with van der Waals surface area (Å²) < 4.78 is 0. The van der Waals surface area contributed by atoms with E-state index in [4.69, 9.17) is 5.11 Å². The number of carboxylic acid groups (broad SMARTS) is 1. The molecule has 1 N–H and O–H groups in total. The highest BCUT2D eigenvalue weighted by molar-refractivity contribution is 5.81. The summed E-state index contributed by atoms with van der Waals surface area (Å²) in [7, 11) is 0. The van der Waals surface area contributed by atoms with Crippen LogP contribution in [0.25, 0.3) is 0 Å². The van der Waals surface area contributed by atoms with Gasteiger partial charge in [0.15, 0.2) is 0 Å². The van der Waals surface area contributed by atoms with Crippen LogP contribution < -0.4 is 0 Å². The SMILES string of the molecule is CCC(C)CCC(C)/C=C/C(C)=C/C(=O)O. The Kier molecular flexibility index (Phi) is 7.61. The highest BCUT2D eigenvalue weighted by Gasteiger charge is 2.02. The van der Waals surface area contributed by atoms with E-state index in [1.807, 2.05) is 13.0 Å². The molecule has 2 unspecified atom stereocenters. The summed E-state index contributed by atoms with van der Waals surface area (Å²) in [5, 5.41) is 8.55. The Morgan fingerprint density at radius 1 is 1.31 bits per heavy atom. The molecule has 0 fully saturated rings. The van der Waals surface area contributed by atoms with E-state index in [2.05, 4.69) is 26.8 Å². The van der Waals surface area contributed by atoms with Gasteiger partial charge in [0, 0.05) is 6.08 Å². The minimum absolute atomic E-state index is 0.520. The van der Waals surface area contributed by atoms with Gasteiger partial charge in [-0.15, -0.1) is 0 Å². The molecule has 0 saturated carbocycles. The predicted octanol–water partition coefficient (Wildman–Crippen LogP) is 4.04. The highest BCUT2D eigenvalue weighted by Crippen LogP contribution is 2.16. The maximum Gasteiger partial charge on any atom is 0.328 e. The number of aliphatic carboxylic acids is 1. The van der Waals surface area contributed by atoms with Crippen molar-refractivity contribution < 1.29 is 9.90 Å². The molecule has 2 heteroatoms. The average molecular weight is 224 g/mol. The third-order valence-corrected chi connectivity index (χ3v) is 2.85. The first-order valence-electron chi connectivity index (χ1n) is 6.05. The van der Waals surface area contributed by atoms with Gasteiger partial charge in [0.2, 0.25) is 0 Å². The molecule has 0 radical (unpaired) electrons. The zero-order chi connectivity index (χ0) is 12.6. The second-order valence-electron chi connectivity index (χ2n) is 4.65. The van der Waals surface area contributed by atoms with Crippen molar-refractivity contribution in [1.82, 2.24) is 0 Å². The highest BCUT2D eigenvalue weighted by atomic mass is 16.4. The number of carbonyl (C=O) groups is 1. The summed E-state index contributed by atoms with van der Waals surface area (Å²) in [6.45, 7) is 8.47. The van der Waals surface area contributed by atoms with Gasteiger partial charge in [-0.2, -0.15) is 0 Å². The van der Waals surface area contributed by atoms with Crippen LogP contribution >= 0.6 is 0 Å². The number of carboxylic acids is 1. The molecule has 0 aromatic carbocycles. The van der Waals surface area contributed by atoms with Crippen LogP contribution in [-0.2, 0) is 4.79 Å². The third-order valence-electron chi connectivity index (χ3n) is 2.85. The quantitative estimate of drug-likeness (QED) is 0.523. The number of rotatable bonds is 7. The zero-order valence-electron chi connectivity index (χ0n) is 10.9. The van der Waals surface area contributed by atoms with Crippen LogP contribution in [0.1, 0.15) is 47.0 Å². The maximum absolute atomic E-state index is 10.4. The van der Waals surface area contributed by atoms with Gasteiger partial charge in [0.1, 0.15) is 0 Å². The van der Waals surface area contributed by atoms with Gasteiger partial charge in [0.05, 0.1) is 0 Å². The van der Waals surface area contributed by atoms with Gasteiger partial charge in [-0.3, -0.25) is 0 Å². The molecule has 0 bridgehead atoms. The van der Waals surface area contributed by atoms with Gasteiger partial charge < -0.3 is 5.11 Å². The zero-order valence-corrected chi connectivity index (χ0v) is 10.9. The van der Waals surface area contributed by atoms with E-state index in [0.717, 1.165) is 11.5 Å². The predicted molar refractivity (Wildman–Crippen MR) is 68.4 cm³/mol. The molecule has 2 atom stereocenters. The smallest absolute Gasteiger partial charge is 0.328 e. The van der Waals surface area contributed by atoms with Gasteiger partial charge in [-0.25, -0.2) is 4.79 Å². The lowest BCUT2D eigenvalue weighted by Crippen LogP contribution is -1.97. The van der Waals surface area contributed by atoms with E-state index >= 15 is 0 Å². The van der Waals surface area contributed by atoms with Crippen molar-refractivity contribution >= 4 is 5.97 Å². The lowest BCUT2D eigenvalue weighted by molar-refractivity contribution is -0.131. The fourth-order valence-corrected chi connectivity index (χ4v) is 1.41. The summed E-state index contributed by atoms with van der Waals surface area (Å²) in [5.74, 6) is 0.423. The van der Waals surface area contributed by atoms with E-state index in [0.29, 0.717) is 5.92 Å². The minimum atomic E-state index is -0.880. The molecule has 0 saturated heterocycles. The molecule has 0 aliphatic rings. The summed E-state index contributed by atoms with van der Waals surface area (Å²) in [6.07, 6.45) is 8.87. The van der Waals surface area contributed by atoms with Crippen molar-refractivity contribution in [2.75, 3.05) is 0 Å². The first-order chi connectivity index (χ1) is 7.45. The van der Waals surface area contributed by atoms with E-state index in [9.17, 15) is 4.79 Å². The maximum atomic E-state index is 10.4. The third kappa shape index (κ3) is 8.27. The Bertz CT molecular complexity index is 264. The van der Waals surface area contributed by atoms with Crippen LogP contribution in [0, 0.1) is 11.8 Å². The molecule has 0 heterocycles. The Morgan fingerprint density at radius 2 is 1.94 bits per heavy atom. The van der Waals surface area contributed by atoms with Crippen LogP contribution in [-0.4, -0.2) is 11.1 Å². The van der Waals surface area contributed by atoms with E-state index in [1.54, 1.807) is 0 Å². The van der Waals surface area contributed by atoms with Crippen molar-refractivity contribution in [2.45, 2.75) is 47.0 Å². The molecular weight excluding hydrogens is 200 g/mol. The van der Waals surface area contributed by atoms with Crippen molar-refractivity contribution in [2.24, 2.45) is 11.8 Å². The largest absolute Gasteiger partial charge is 0.478 e. The van der Waals surface area contributed by atoms with Gasteiger partial charge >= 0.3 is 5.97 Å². The lowest BCUT2D eigenvalue weighted by Gasteiger charge is -2.10. The van der Waals surface area contributed by atoms with Crippen LogP contribution in [0.5, 0.6) is 0 Å². The summed E-state index contributed by atoms with van der Waals surface area (Å²) in [5.41, 5.74) is 0.794. The van der Waals surface area contributed by atoms with Crippen LogP contribution in [0.15, 0.2) is 23.8 Å². The molecular formula is C14H24O2. The fourth-order valence-electron chi connectivity index (χ4n) is 1.41. The van der Waals surface area contributed by atoms with E-state index in [-0.39, 0.29) is 0 Å².